The summed E-state index contributed by atoms with van der Waals surface area (Å²) >= 11 is 0. The number of anilines is 1. The van der Waals surface area contributed by atoms with Crippen LogP contribution in [-0.2, 0) is 25.1 Å². The van der Waals surface area contributed by atoms with E-state index in [4.69, 9.17) is 13.8 Å². The molecule has 222 valence electrons. The molecule has 0 aliphatic carbocycles. The topological polar surface area (TPSA) is 119 Å². The maximum atomic E-state index is 14.1. The van der Waals surface area contributed by atoms with Crippen molar-refractivity contribution < 1.29 is 32.4 Å². The van der Waals surface area contributed by atoms with E-state index in [1.165, 1.54) is 27.8 Å². The highest BCUT2D eigenvalue weighted by Crippen LogP contribution is 2.44. The van der Waals surface area contributed by atoms with Gasteiger partial charge in [-0.05, 0) is 56.4 Å². The van der Waals surface area contributed by atoms with Crippen molar-refractivity contribution in [3.05, 3.63) is 73.1 Å². The Hall–Kier alpha value is -3.93. The number of nitrogens with zero attached hydrogens (tertiary/aromatic N) is 5. The summed E-state index contributed by atoms with van der Waals surface area (Å²) in [5.41, 5.74) is 3.61. The minimum atomic E-state index is -4.28. The van der Waals surface area contributed by atoms with Gasteiger partial charge < -0.3 is 24.0 Å². The molecule has 1 amide bonds. The number of phosphoric acid groups is 1. The van der Waals surface area contributed by atoms with E-state index in [-0.39, 0.29) is 19.2 Å². The first-order valence-electron chi connectivity index (χ1n) is 13.0. The first-order chi connectivity index (χ1) is 20.0. The van der Waals surface area contributed by atoms with Crippen molar-refractivity contribution in [2.75, 3.05) is 46.3 Å². The summed E-state index contributed by atoms with van der Waals surface area (Å²) < 4.78 is 43.2. The number of hydrogen-bond donors (Lipinski definition) is 1. The third kappa shape index (κ3) is 7.47. The molecule has 1 unspecified atom stereocenters. The summed E-state index contributed by atoms with van der Waals surface area (Å²) in [4.78, 5) is 34.5. The number of ether oxygens (including phenoxy) is 1. The zero-order valence-electron chi connectivity index (χ0n) is 24.0. The smallest absolute Gasteiger partial charge is 0.473 e. The van der Waals surface area contributed by atoms with E-state index in [0.717, 1.165) is 5.56 Å². The van der Waals surface area contributed by atoms with Crippen LogP contribution in [0.1, 0.15) is 6.92 Å². The van der Waals surface area contributed by atoms with Gasteiger partial charge in [-0.2, -0.15) is 4.39 Å². The van der Waals surface area contributed by atoms with Gasteiger partial charge >= 0.3 is 7.82 Å². The largest absolute Gasteiger partial charge is 0.497 e. The first-order valence-corrected chi connectivity index (χ1v) is 14.5. The monoisotopic (exact) mass is 597 g/mol. The molecule has 0 fully saturated rings. The molecule has 0 radical (unpaired) electrons. The van der Waals surface area contributed by atoms with Crippen LogP contribution in [0.4, 0.5) is 10.1 Å². The summed E-state index contributed by atoms with van der Waals surface area (Å²) in [6, 6.07) is 10.2. The molecule has 1 aromatic carbocycles. The van der Waals surface area contributed by atoms with Gasteiger partial charge in [0.2, 0.25) is 11.9 Å². The Bertz CT molecular complexity index is 1660. The highest BCUT2D eigenvalue weighted by Gasteiger charge is 2.22. The zero-order valence-corrected chi connectivity index (χ0v) is 24.9. The minimum Gasteiger partial charge on any atom is -0.497 e. The molecule has 3 aromatic heterocycles. The standard InChI is InChI=1S/C29H33FN5O6P/c1-6-40-42(37,38)41-19-35-18-26(20-9-10-31-27(30)15-20)25-14-22(17-32-29(25)35)21-12-23(16-24(13-21)39-5)34(4)28(36)8-7-11-33(2)3/h7-10,12-18H,6,11,19H2,1-5H3,(H,37,38)/b8-7+. The van der Waals surface area contributed by atoms with Crippen LogP contribution in [0.2, 0.25) is 0 Å². The molecule has 42 heavy (non-hydrogen) atoms. The van der Waals surface area contributed by atoms with Gasteiger partial charge in [0.15, 0.2) is 0 Å². The van der Waals surface area contributed by atoms with Crippen molar-refractivity contribution in [1.82, 2.24) is 19.4 Å². The van der Waals surface area contributed by atoms with Crippen LogP contribution >= 0.6 is 7.82 Å². The number of aromatic nitrogens is 3. The molecule has 0 bridgehead atoms. The van der Waals surface area contributed by atoms with Crippen LogP contribution in [0, 0.1) is 5.95 Å². The van der Waals surface area contributed by atoms with Gasteiger partial charge in [0, 0.05) is 72.6 Å². The summed E-state index contributed by atoms with van der Waals surface area (Å²) in [5, 5.41) is 0.631. The van der Waals surface area contributed by atoms with Crippen molar-refractivity contribution in [3.63, 3.8) is 0 Å². The molecule has 1 N–H and O–H groups in total. The van der Waals surface area contributed by atoms with E-state index in [2.05, 4.69) is 9.97 Å². The molecule has 13 heteroatoms. The highest BCUT2D eigenvalue weighted by atomic mass is 31.2. The molecular weight excluding hydrogens is 564 g/mol. The van der Waals surface area contributed by atoms with Crippen molar-refractivity contribution in [3.8, 4) is 28.0 Å². The molecule has 0 spiro atoms. The lowest BCUT2D eigenvalue weighted by Gasteiger charge is -2.18. The molecule has 0 aliphatic rings. The van der Waals surface area contributed by atoms with Crippen LogP contribution < -0.4 is 9.64 Å². The Kier molecular flexibility index (Phi) is 9.87. The van der Waals surface area contributed by atoms with Crippen LogP contribution in [0.3, 0.4) is 0 Å². The molecular formula is C29H33FN5O6P. The van der Waals surface area contributed by atoms with Gasteiger partial charge in [0.1, 0.15) is 18.1 Å². The first kappa shape index (κ1) is 31.0. The number of rotatable bonds is 12. The third-order valence-corrected chi connectivity index (χ3v) is 7.34. The second-order valence-electron chi connectivity index (χ2n) is 9.60. The Labute approximate surface area is 243 Å². The third-order valence-electron chi connectivity index (χ3n) is 6.31. The molecule has 4 rings (SSSR count). The van der Waals surface area contributed by atoms with E-state index in [0.29, 0.717) is 45.7 Å². The van der Waals surface area contributed by atoms with E-state index in [9.17, 15) is 18.6 Å². The predicted molar refractivity (Wildman–Crippen MR) is 159 cm³/mol. The van der Waals surface area contributed by atoms with E-state index >= 15 is 0 Å². The van der Waals surface area contributed by atoms with Crippen molar-refractivity contribution in [2.45, 2.75) is 13.7 Å². The van der Waals surface area contributed by atoms with Crippen LogP contribution in [-0.4, -0.2) is 71.6 Å². The lowest BCUT2D eigenvalue weighted by molar-refractivity contribution is -0.113. The average Bonchev–Trinajstić information content (AvgIpc) is 3.33. The highest BCUT2D eigenvalue weighted by molar-refractivity contribution is 7.47. The van der Waals surface area contributed by atoms with Crippen molar-refractivity contribution in [2.24, 2.45) is 0 Å². The van der Waals surface area contributed by atoms with Gasteiger partial charge in [-0.3, -0.25) is 13.8 Å². The normalized spacial score (nSPS) is 13.1. The molecule has 1 atom stereocenters. The maximum absolute atomic E-state index is 14.1. The number of amides is 1. The maximum Gasteiger partial charge on any atom is 0.473 e. The fraction of sp³-hybridized carbons (Fsp3) is 0.276. The number of fused-ring (bicyclic) bond motifs is 1. The number of halogens is 1. The quantitative estimate of drug-likeness (QED) is 0.135. The Balaban J connectivity index is 1.78. The van der Waals surface area contributed by atoms with Gasteiger partial charge in [-0.1, -0.05) is 6.08 Å². The van der Waals surface area contributed by atoms with Crippen molar-refractivity contribution in [1.29, 1.82) is 0 Å². The van der Waals surface area contributed by atoms with E-state index in [1.54, 1.807) is 51.7 Å². The van der Waals surface area contributed by atoms with Crippen LogP contribution in [0.25, 0.3) is 33.3 Å². The fourth-order valence-electron chi connectivity index (χ4n) is 4.23. The minimum absolute atomic E-state index is 0.000953. The summed E-state index contributed by atoms with van der Waals surface area (Å²) in [6.45, 7) is 1.88. The number of pyridine rings is 2. The molecule has 3 heterocycles. The van der Waals surface area contributed by atoms with E-state index < -0.39 is 13.8 Å². The number of carbonyl (C=O) groups excluding carboxylic acids is 1. The summed E-state index contributed by atoms with van der Waals surface area (Å²) in [7, 11) is 2.78. The van der Waals surface area contributed by atoms with Crippen LogP contribution in [0.5, 0.6) is 5.75 Å². The lowest BCUT2D eigenvalue weighted by atomic mass is 10.0. The molecule has 0 saturated carbocycles. The molecule has 11 nitrogen and oxygen atoms in total. The molecule has 0 aliphatic heterocycles. The fourth-order valence-corrected chi connectivity index (χ4v) is 4.90. The average molecular weight is 598 g/mol. The Morgan fingerprint density at radius 1 is 1.10 bits per heavy atom. The Morgan fingerprint density at radius 3 is 2.57 bits per heavy atom. The molecule has 4 aromatic rings. The molecule has 0 saturated heterocycles. The van der Waals surface area contributed by atoms with Gasteiger partial charge in [-0.15, -0.1) is 0 Å². The zero-order chi connectivity index (χ0) is 30.4. The number of benzene rings is 1. The van der Waals surface area contributed by atoms with Gasteiger partial charge in [0.05, 0.1) is 13.7 Å². The number of carbonyl (C=O) groups is 1. The predicted octanol–water partition coefficient (Wildman–Crippen LogP) is 5.10. The number of likely N-dealkylation sites (N-methyl/N-ethyl adjacent to an activating group) is 2. The van der Waals surface area contributed by atoms with Gasteiger partial charge in [-0.25, -0.2) is 14.5 Å². The van der Waals surface area contributed by atoms with Crippen molar-refractivity contribution >= 4 is 30.5 Å². The SMILES string of the molecule is CCOP(=O)(O)OCn1cc(-c2ccnc(F)c2)c2cc(-c3cc(OC)cc(N(C)C(=O)/C=C/CN(C)C)c3)cnc21. The summed E-state index contributed by atoms with van der Waals surface area (Å²) in [6.07, 6.45) is 7.96. The summed E-state index contributed by atoms with van der Waals surface area (Å²) in [5.74, 6) is -0.316. The van der Waals surface area contributed by atoms with Gasteiger partial charge in [0.25, 0.3) is 0 Å². The van der Waals surface area contributed by atoms with E-state index in [1.807, 2.05) is 37.2 Å². The Morgan fingerprint density at radius 2 is 1.88 bits per heavy atom. The lowest BCUT2D eigenvalue weighted by Crippen LogP contribution is -2.24. The second-order valence-corrected chi connectivity index (χ2v) is 11.1. The second kappa shape index (κ2) is 13.4. The van der Waals surface area contributed by atoms with Crippen LogP contribution in [0.15, 0.2) is 67.1 Å². The number of hydrogen-bond acceptors (Lipinski definition) is 8. The number of methoxy groups -OCH3 is 1. The number of phosphoric ester groups is 1.